The lowest BCUT2D eigenvalue weighted by Gasteiger charge is -2.15. The minimum atomic E-state index is -0.433. The standard InChI is InChI=1S/C16H15N5OS/c22-15(17-11-12-7-3-1-4-8-12)14(13-9-5-2-6-10-13)23-16-18-20-21-19-16/h1-10,14H,11H2,(H,17,22)(H,18,19,20,21)/t14-/m1/s1. The molecule has 0 saturated carbocycles. The number of rotatable bonds is 6. The van der Waals surface area contributed by atoms with Crippen LogP contribution in [0.1, 0.15) is 16.4 Å². The van der Waals surface area contributed by atoms with Gasteiger partial charge in [-0.2, -0.15) is 5.21 Å². The van der Waals surface area contributed by atoms with Crippen LogP contribution >= 0.6 is 11.8 Å². The average Bonchev–Trinajstić information content (AvgIpc) is 3.12. The highest BCUT2D eigenvalue weighted by Crippen LogP contribution is 2.32. The van der Waals surface area contributed by atoms with Gasteiger partial charge in [-0.1, -0.05) is 72.4 Å². The third kappa shape index (κ3) is 4.17. The number of benzene rings is 2. The van der Waals surface area contributed by atoms with Crippen LogP contribution in [0.4, 0.5) is 0 Å². The molecule has 23 heavy (non-hydrogen) atoms. The van der Waals surface area contributed by atoms with Crippen LogP contribution in [0, 0.1) is 0 Å². The summed E-state index contributed by atoms with van der Waals surface area (Å²) in [6.07, 6.45) is 0. The quantitative estimate of drug-likeness (QED) is 0.680. The predicted molar refractivity (Wildman–Crippen MR) is 87.5 cm³/mol. The number of aromatic amines is 1. The Morgan fingerprint density at radius 3 is 2.43 bits per heavy atom. The maximum absolute atomic E-state index is 12.6. The highest BCUT2D eigenvalue weighted by molar-refractivity contribution is 8.00. The van der Waals surface area contributed by atoms with E-state index in [1.807, 2.05) is 60.7 Å². The molecule has 116 valence electrons. The Morgan fingerprint density at radius 2 is 1.78 bits per heavy atom. The number of H-pyrrole nitrogens is 1. The number of amides is 1. The van der Waals surface area contributed by atoms with Crippen LogP contribution in [0.2, 0.25) is 0 Å². The third-order valence-electron chi connectivity index (χ3n) is 3.20. The number of nitrogens with zero attached hydrogens (tertiary/aromatic N) is 3. The molecule has 1 amide bonds. The maximum atomic E-state index is 12.6. The second-order valence-corrected chi connectivity index (χ2v) is 5.88. The lowest BCUT2D eigenvalue weighted by molar-refractivity contribution is -0.120. The van der Waals surface area contributed by atoms with Crippen LogP contribution in [0.25, 0.3) is 0 Å². The van der Waals surface area contributed by atoms with Crippen molar-refractivity contribution in [3.05, 3.63) is 71.8 Å². The van der Waals surface area contributed by atoms with Gasteiger partial charge in [-0.15, -0.1) is 10.2 Å². The second kappa shape index (κ2) is 7.55. The van der Waals surface area contributed by atoms with Crippen molar-refractivity contribution in [3.8, 4) is 0 Å². The Bertz CT molecular complexity index is 734. The summed E-state index contributed by atoms with van der Waals surface area (Å²) in [5, 5.41) is 16.7. The number of carbonyl (C=O) groups is 1. The molecule has 0 aliphatic carbocycles. The van der Waals surface area contributed by atoms with E-state index >= 15 is 0 Å². The van der Waals surface area contributed by atoms with Gasteiger partial charge in [0.1, 0.15) is 5.25 Å². The Labute approximate surface area is 137 Å². The summed E-state index contributed by atoms with van der Waals surface area (Å²) in [7, 11) is 0. The van der Waals surface area contributed by atoms with Crippen molar-refractivity contribution in [3.63, 3.8) is 0 Å². The summed E-state index contributed by atoms with van der Waals surface area (Å²) < 4.78 is 0. The molecule has 0 bridgehead atoms. The zero-order valence-corrected chi connectivity index (χ0v) is 13.0. The zero-order valence-electron chi connectivity index (χ0n) is 12.2. The van der Waals surface area contributed by atoms with Gasteiger partial charge in [0.05, 0.1) is 0 Å². The first kappa shape index (κ1) is 15.2. The number of carbonyl (C=O) groups excluding carboxylic acids is 1. The lowest BCUT2D eigenvalue weighted by atomic mass is 10.1. The smallest absolute Gasteiger partial charge is 0.238 e. The van der Waals surface area contributed by atoms with Gasteiger partial charge in [0.25, 0.3) is 0 Å². The van der Waals surface area contributed by atoms with Gasteiger partial charge < -0.3 is 5.32 Å². The number of nitrogens with one attached hydrogen (secondary N) is 2. The highest BCUT2D eigenvalue weighted by Gasteiger charge is 2.23. The summed E-state index contributed by atoms with van der Waals surface area (Å²) in [4.78, 5) is 12.6. The van der Waals surface area contributed by atoms with Gasteiger partial charge in [-0.05, 0) is 16.3 Å². The molecule has 2 aromatic carbocycles. The van der Waals surface area contributed by atoms with Crippen molar-refractivity contribution in [2.75, 3.05) is 0 Å². The summed E-state index contributed by atoms with van der Waals surface area (Å²) in [6, 6.07) is 19.4. The molecular formula is C16H15N5OS. The summed E-state index contributed by atoms with van der Waals surface area (Å²) >= 11 is 1.26. The number of hydrogen-bond acceptors (Lipinski definition) is 5. The van der Waals surface area contributed by atoms with Crippen LogP contribution in [-0.2, 0) is 11.3 Å². The molecular weight excluding hydrogens is 310 g/mol. The van der Waals surface area contributed by atoms with Crippen LogP contribution in [0.5, 0.6) is 0 Å². The Kier molecular flexibility index (Phi) is 5.00. The number of hydrogen-bond donors (Lipinski definition) is 2. The fraction of sp³-hybridized carbons (Fsp3) is 0.125. The van der Waals surface area contributed by atoms with Crippen LogP contribution in [0.15, 0.2) is 65.8 Å². The Balaban J connectivity index is 1.73. The number of tetrazole rings is 1. The van der Waals surface area contributed by atoms with Gasteiger partial charge >= 0.3 is 0 Å². The number of thioether (sulfide) groups is 1. The van der Waals surface area contributed by atoms with E-state index in [1.54, 1.807) is 0 Å². The van der Waals surface area contributed by atoms with E-state index in [9.17, 15) is 4.79 Å². The Hall–Kier alpha value is -2.67. The van der Waals surface area contributed by atoms with E-state index < -0.39 is 5.25 Å². The molecule has 0 spiro atoms. The second-order valence-electron chi connectivity index (χ2n) is 4.81. The minimum absolute atomic E-state index is 0.0881. The third-order valence-corrected chi connectivity index (χ3v) is 4.30. The lowest BCUT2D eigenvalue weighted by Crippen LogP contribution is -2.27. The molecule has 2 N–H and O–H groups in total. The van der Waals surface area contributed by atoms with Gasteiger partial charge in [0, 0.05) is 6.54 Å². The predicted octanol–water partition coefficient (Wildman–Crippen LogP) is 2.35. The summed E-state index contributed by atoms with van der Waals surface area (Å²) in [5.41, 5.74) is 1.95. The van der Waals surface area contributed by atoms with E-state index in [-0.39, 0.29) is 5.91 Å². The fourth-order valence-corrected chi connectivity index (χ4v) is 2.96. The average molecular weight is 325 g/mol. The molecule has 7 heteroatoms. The normalized spacial score (nSPS) is 11.8. The van der Waals surface area contributed by atoms with Crippen molar-refractivity contribution in [1.82, 2.24) is 25.9 Å². The molecule has 1 atom stereocenters. The molecule has 3 aromatic rings. The first-order chi connectivity index (χ1) is 11.3. The van der Waals surface area contributed by atoms with Crippen molar-refractivity contribution in [2.24, 2.45) is 0 Å². The van der Waals surface area contributed by atoms with E-state index in [1.165, 1.54) is 11.8 Å². The van der Waals surface area contributed by atoms with Gasteiger partial charge in [0.15, 0.2) is 0 Å². The van der Waals surface area contributed by atoms with Crippen molar-refractivity contribution < 1.29 is 4.79 Å². The molecule has 0 aliphatic rings. The topological polar surface area (TPSA) is 83.6 Å². The van der Waals surface area contributed by atoms with Gasteiger partial charge in [-0.25, -0.2) is 0 Å². The van der Waals surface area contributed by atoms with Crippen molar-refractivity contribution >= 4 is 17.7 Å². The van der Waals surface area contributed by atoms with Gasteiger partial charge in [-0.3, -0.25) is 4.79 Å². The molecule has 0 saturated heterocycles. The zero-order chi connectivity index (χ0) is 15.9. The largest absolute Gasteiger partial charge is 0.351 e. The molecule has 1 aromatic heterocycles. The van der Waals surface area contributed by atoms with Crippen LogP contribution in [0.3, 0.4) is 0 Å². The van der Waals surface area contributed by atoms with Crippen LogP contribution < -0.4 is 5.32 Å². The van der Waals surface area contributed by atoms with E-state index in [0.717, 1.165) is 11.1 Å². The molecule has 0 fully saturated rings. The highest BCUT2D eigenvalue weighted by atomic mass is 32.2. The Morgan fingerprint density at radius 1 is 1.09 bits per heavy atom. The fourth-order valence-electron chi connectivity index (χ4n) is 2.09. The monoisotopic (exact) mass is 325 g/mol. The summed E-state index contributed by atoms with van der Waals surface area (Å²) in [5.74, 6) is -0.0881. The molecule has 0 unspecified atom stereocenters. The van der Waals surface area contributed by atoms with Crippen molar-refractivity contribution in [1.29, 1.82) is 0 Å². The van der Waals surface area contributed by atoms with E-state index in [2.05, 4.69) is 25.9 Å². The minimum Gasteiger partial charge on any atom is -0.351 e. The molecule has 0 radical (unpaired) electrons. The van der Waals surface area contributed by atoms with E-state index in [0.29, 0.717) is 11.7 Å². The first-order valence-electron chi connectivity index (χ1n) is 7.09. The molecule has 1 heterocycles. The first-order valence-corrected chi connectivity index (χ1v) is 7.97. The number of aromatic nitrogens is 4. The van der Waals surface area contributed by atoms with E-state index in [4.69, 9.17) is 0 Å². The SMILES string of the molecule is O=C(NCc1ccccc1)[C@H](Sc1nn[nH]n1)c1ccccc1. The van der Waals surface area contributed by atoms with Crippen molar-refractivity contribution in [2.45, 2.75) is 17.0 Å². The molecule has 3 rings (SSSR count). The maximum Gasteiger partial charge on any atom is 0.238 e. The molecule has 0 aliphatic heterocycles. The van der Waals surface area contributed by atoms with Gasteiger partial charge in [0.2, 0.25) is 11.1 Å². The molecule has 6 nitrogen and oxygen atoms in total. The van der Waals surface area contributed by atoms with Crippen LogP contribution in [-0.4, -0.2) is 26.5 Å². The summed E-state index contributed by atoms with van der Waals surface area (Å²) in [6.45, 7) is 0.482.